The highest BCUT2D eigenvalue weighted by atomic mass is 16.2. The van der Waals surface area contributed by atoms with Crippen LogP contribution in [0.4, 0.5) is 0 Å². The summed E-state index contributed by atoms with van der Waals surface area (Å²) in [5.74, 6) is -0.957. The average Bonchev–Trinajstić information content (AvgIpc) is 1.88. The molecule has 0 aromatic carbocycles. The van der Waals surface area contributed by atoms with Crippen molar-refractivity contribution in [1.29, 1.82) is 0 Å². The summed E-state index contributed by atoms with van der Waals surface area (Å²) in [5.41, 5.74) is 5.97. The quantitative estimate of drug-likeness (QED) is 0.582. The van der Waals surface area contributed by atoms with Crippen LogP contribution < -0.4 is 11.3 Å². The zero-order valence-corrected chi connectivity index (χ0v) is 5.05. The van der Waals surface area contributed by atoms with Crippen molar-refractivity contribution in [2.45, 2.75) is 0 Å². The summed E-state index contributed by atoms with van der Waals surface area (Å²) < 4.78 is 0. The zero-order valence-electron chi connectivity index (χ0n) is 5.05. The molecule has 0 saturated heterocycles. The van der Waals surface area contributed by atoms with Gasteiger partial charge in [0.15, 0.2) is 0 Å². The number of carbonyl (C=O) groups is 1. The van der Waals surface area contributed by atoms with Gasteiger partial charge in [0, 0.05) is 6.20 Å². The van der Waals surface area contributed by atoms with Gasteiger partial charge in [0.05, 0.1) is 0 Å². The summed E-state index contributed by atoms with van der Waals surface area (Å²) >= 11 is 0. The molecule has 0 aliphatic carbocycles. The molecule has 1 aromatic rings. The van der Waals surface area contributed by atoms with E-state index in [1.165, 1.54) is 18.3 Å². The van der Waals surface area contributed by atoms with Crippen LogP contribution in [0.1, 0.15) is 10.4 Å². The molecule has 1 amide bonds. The van der Waals surface area contributed by atoms with Gasteiger partial charge in [-0.05, 0) is 12.1 Å². The van der Waals surface area contributed by atoms with E-state index < -0.39 is 11.5 Å². The van der Waals surface area contributed by atoms with Gasteiger partial charge in [0.2, 0.25) is 0 Å². The highest BCUT2D eigenvalue weighted by Crippen LogP contribution is 1.85. The predicted molar refractivity (Wildman–Crippen MR) is 34.5 cm³/mol. The number of aromatic amines is 1. The molecule has 4 heteroatoms. The zero-order chi connectivity index (χ0) is 7.56. The maximum Gasteiger partial charge on any atom is 0.275 e. The molecule has 4 nitrogen and oxygen atoms in total. The maximum absolute atomic E-state index is 10.7. The Kier molecular flexibility index (Phi) is 1.53. The van der Waals surface area contributed by atoms with Crippen molar-refractivity contribution in [3.8, 4) is 0 Å². The van der Waals surface area contributed by atoms with Gasteiger partial charge in [-0.25, -0.2) is 0 Å². The normalized spacial score (nSPS) is 9.20. The molecule has 1 heterocycles. The van der Waals surface area contributed by atoms with E-state index in [0.717, 1.165) is 0 Å². The smallest absolute Gasteiger partial charge is 0.275 e. The Morgan fingerprint density at radius 3 is 2.70 bits per heavy atom. The lowest BCUT2D eigenvalue weighted by molar-refractivity contribution is 0.0990. The van der Waals surface area contributed by atoms with Gasteiger partial charge in [-0.3, -0.25) is 15.3 Å². The van der Waals surface area contributed by atoms with E-state index in [9.17, 15) is 9.59 Å². The van der Waals surface area contributed by atoms with Crippen LogP contribution in [0.2, 0.25) is 0 Å². The SMILES string of the molecule is [NH]C(=O)c1ccc[nH]c1=O. The van der Waals surface area contributed by atoms with Gasteiger partial charge >= 0.3 is 0 Å². The Morgan fingerprint density at radius 1 is 1.60 bits per heavy atom. The van der Waals surface area contributed by atoms with Gasteiger partial charge in [0.25, 0.3) is 11.5 Å². The molecule has 0 bridgehead atoms. The summed E-state index contributed by atoms with van der Waals surface area (Å²) in [6, 6.07) is 2.82. The van der Waals surface area contributed by atoms with Crippen molar-refractivity contribution >= 4 is 5.91 Å². The number of hydrogen-bond acceptors (Lipinski definition) is 2. The summed E-state index contributed by atoms with van der Waals surface area (Å²) in [6.07, 6.45) is 1.41. The molecule has 0 atom stereocenters. The minimum Gasteiger partial charge on any atom is -0.328 e. The molecular weight excluding hydrogens is 132 g/mol. The number of nitrogens with one attached hydrogen (secondary N) is 2. The minimum absolute atomic E-state index is 0.123. The average molecular weight is 137 g/mol. The van der Waals surface area contributed by atoms with Crippen LogP contribution >= 0.6 is 0 Å². The van der Waals surface area contributed by atoms with E-state index in [-0.39, 0.29) is 5.56 Å². The first kappa shape index (κ1) is 6.54. The van der Waals surface area contributed by atoms with Crippen LogP contribution in [-0.4, -0.2) is 10.9 Å². The van der Waals surface area contributed by atoms with Gasteiger partial charge in [-0.1, -0.05) is 0 Å². The molecule has 0 aliphatic heterocycles. The lowest BCUT2D eigenvalue weighted by Crippen LogP contribution is -2.16. The molecule has 2 N–H and O–H groups in total. The molecule has 51 valence electrons. The van der Waals surface area contributed by atoms with Crippen molar-refractivity contribution < 1.29 is 4.79 Å². The van der Waals surface area contributed by atoms with Gasteiger partial charge in [-0.2, -0.15) is 0 Å². The van der Waals surface area contributed by atoms with E-state index in [1.54, 1.807) is 0 Å². The number of pyridine rings is 1. The first-order valence-electron chi connectivity index (χ1n) is 2.65. The maximum atomic E-state index is 10.7. The number of aromatic nitrogens is 1. The third-order valence-corrected chi connectivity index (χ3v) is 1.06. The van der Waals surface area contributed by atoms with Crippen molar-refractivity contribution in [3.63, 3.8) is 0 Å². The summed E-state index contributed by atoms with van der Waals surface area (Å²) in [4.78, 5) is 23.3. The molecule has 0 fully saturated rings. The Bertz CT molecular complexity index is 303. The second-order valence-corrected chi connectivity index (χ2v) is 1.74. The van der Waals surface area contributed by atoms with Gasteiger partial charge < -0.3 is 4.98 Å². The lowest BCUT2D eigenvalue weighted by Gasteiger charge is -1.88. The minimum atomic E-state index is -0.957. The first-order valence-corrected chi connectivity index (χ1v) is 2.65. The van der Waals surface area contributed by atoms with Crippen LogP contribution in [0.15, 0.2) is 23.1 Å². The number of rotatable bonds is 1. The fourth-order valence-corrected chi connectivity index (χ4v) is 0.600. The van der Waals surface area contributed by atoms with Crippen LogP contribution in [-0.2, 0) is 0 Å². The summed E-state index contributed by atoms with van der Waals surface area (Å²) in [6.45, 7) is 0. The van der Waals surface area contributed by atoms with Crippen molar-refractivity contribution in [2.75, 3.05) is 0 Å². The van der Waals surface area contributed by atoms with Crippen molar-refractivity contribution in [3.05, 3.63) is 34.2 Å². The second-order valence-electron chi connectivity index (χ2n) is 1.74. The number of H-pyrrole nitrogens is 1. The van der Waals surface area contributed by atoms with Crippen LogP contribution in [0.3, 0.4) is 0 Å². The molecular formula is C6H5N2O2. The lowest BCUT2D eigenvalue weighted by atomic mass is 10.3. The van der Waals surface area contributed by atoms with Gasteiger partial charge in [0.1, 0.15) is 5.56 Å². The third kappa shape index (κ3) is 1.05. The number of hydrogen-bond donors (Lipinski definition) is 1. The van der Waals surface area contributed by atoms with E-state index in [2.05, 4.69) is 4.98 Å². The van der Waals surface area contributed by atoms with Crippen LogP contribution in [0.25, 0.3) is 0 Å². The van der Waals surface area contributed by atoms with E-state index in [0.29, 0.717) is 0 Å². The Labute approximate surface area is 56.7 Å². The Hall–Kier alpha value is -1.58. The fourth-order valence-electron chi connectivity index (χ4n) is 0.600. The monoisotopic (exact) mass is 137 g/mol. The first-order chi connectivity index (χ1) is 4.72. The van der Waals surface area contributed by atoms with Crippen molar-refractivity contribution in [1.82, 2.24) is 10.7 Å². The van der Waals surface area contributed by atoms with Crippen LogP contribution in [0.5, 0.6) is 0 Å². The topological polar surface area (TPSA) is 73.7 Å². The number of carbonyl (C=O) groups excluding carboxylic acids is 1. The fraction of sp³-hybridized carbons (Fsp3) is 0. The molecule has 1 radical (unpaired) electrons. The highest BCUT2D eigenvalue weighted by Gasteiger charge is 2.03. The second kappa shape index (κ2) is 2.34. The van der Waals surface area contributed by atoms with E-state index >= 15 is 0 Å². The molecule has 0 aliphatic rings. The number of amides is 1. The Morgan fingerprint density at radius 2 is 2.30 bits per heavy atom. The summed E-state index contributed by atoms with van der Waals surface area (Å²) in [7, 11) is 0. The van der Waals surface area contributed by atoms with Crippen LogP contribution in [0, 0.1) is 0 Å². The molecule has 1 rings (SSSR count). The molecule has 0 spiro atoms. The van der Waals surface area contributed by atoms with Crippen molar-refractivity contribution in [2.24, 2.45) is 0 Å². The largest absolute Gasteiger partial charge is 0.328 e. The third-order valence-electron chi connectivity index (χ3n) is 1.06. The van der Waals surface area contributed by atoms with Gasteiger partial charge in [-0.15, -0.1) is 0 Å². The molecule has 0 unspecified atom stereocenters. The molecule has 0 saturated carbocycles. The Balaban J connectivity index is 3.29. The van der Waals surface area contributed by atoms with E-state index in [1.807, 2.05) is 0 Å². The standard InChI is InChI=1S/C6H5N2O2/c7-5(9)4-2-1-3-8-6(4)10/h1-3,7H,(H,8,10). The molecule has 10 heavy (non-hydrogen) atoms. The molecule has 1 aromatic heterocycles. The van der Waals surface area contributed by atoms with E-state index in [4.69, 9.17) is 5.73 Å². The summed E-state index contributed by atoms with van der Waals surface area (Å²) in [5, 5.41) is 0. The predicted octanol–water partition coefficient (Wildman–Crippen LogP) is -0.202. The highest BCUT2D eigenvalue weighted by molar-refractivity contribution is 5.91.